The molecule has 1 aromatic carbocycles. The average Bonchev–Trinajstić information content (AvgIpc) is 3.16. The van der Waals surface area contributed by atoms with Gasteiger partial charge in [-0.05, 0) is 37.0 Å². The van der Waals surface area contributed by atoms with Crippen LogP contribution in [-0.4, -0.2) is 47.2 Å². The number of aliphatic imine (C=N–C) groups is 1. The molecular formula is C19H23Cl2F2N5O. The van der Waals surface area contributed by atoms with E-state index in [0.717, 1.165) is 30.5 Å². The van der Waals surface area contributed by atoms with Crippen molar-refractivity contribution < 1.29 is 13.5 Å². The van der Waals surface area contributed by atoms with Crippen LogP contribution in [0.3, 0.4) is 0 Å². The van der Waals surface area contributed by atoms with Crippen LogP contribution in [-0.2, 0) is 6.54 Å². The van der Waals surface area contributed by atoms with Crippen LogP contribution >= 0.6 is 23.2 Å². The number of nitrogens with one attached hydrogen (secondary N) is 1. The van der Waals surface area contributed by atoms with Crippen LogP contribution in [0.1, 0.15) is 25.2 Å². The van der Waals surface area contributed by atoms with Gasteiger partial charge in [0, 0.05) is 42.6 Å². The van der Waals surface area contributed by atoms with Gasteiger partial charge in [-0.15, -0.1) is 0 Å². The smallest absolute Gasteiger partial charge is 0.319 e. The molecular weight excluding hydrogens is 423 g/mol. The highest BCUT2D eigenvalue weighted by molar-refractivity contribution is 6.34. The second-order valence-electron chi connectivity index (χ2n) is 6.78. The van der Waals surface area contributed by atoms with Crippen molar-refractivity contribution in [1.82, 2.24) is 19.8 Å². The summed E-state index contributed by atoms with van der Waals surface area (Å²) in [4.78, 5) is 10.4. The van der Waals surface area contributed by atoms with Crippen LogP contribution in [0.15, 0.2) is 35.6 Å². The summed E-state index contributed by atoms with van der Waals surface area (Å²) in [5.74, 6) is 2.01. The molecule has 0 atom stereocenters. The Morgan fingerprint density at radius 3 is 2.59 bits per heavy atom. The summed E-state index contributed by atoms with van der Waals surface area (Å²) in [6.07, 6.45) is 4.49. The van der Waals surface area contributed by atoms with E-state index in [1.54, 1.807) is 25.2 Å². The summed E-state index contributed by atoms with van der Waals surface area (Å²) in [5, 5.41) is 4.21. The van der Waals surface area contributed by atoms with Crippen molar-refractivity contribution >= 4 is 29.2 Å². The van der Waals surface area contributed by atoms with Crippen LogP contribution < -0.4 is 10.1 Å². The van der Waals surface area contributed by atoms with E-state index in [1.165, 1.54) is 12.4 Å². The molecule has 0 bridgehead atoms. The maximum absolute atomic E-state index is 12.9. The third kappa shape index (κ3) is 5.96. The molecule has 0 aliphatic carbocycles. The van der Waals surface area contributed by atoms with Crippen LogP contribution in [0, 0.1) is 5.92 Å². The summed E-state index contributed by atoms with van der Waals surface area (Å²) in [5.41, 5.74) is 0. The molecule has 29 heavy (non-hydrogen) atoms. The first kappa shape index (κ1) is 21.6. The Morgan fingerprint density at radius 2 is 1.97 bits per heavy atom. The molecule has 1 saturated heterocycles. The van der Waals surface area contributed by atoms with Crippen LogP contribution in [0.25, 0.3) is 0 Å². The molecule has 0 unspecified atom stereocenters. The molecule has 1 aromatic heterocycles. The fourth-order valence-electron chi connectivity index (χ4n) is 3.29. The minimum absolute atomic E-state index is 0.183. The van der Waals surface area contributed by atoms with Gasteiger partial charge < -0.3 is 15.0 Å². The lowest BCUT2D eigenvalue weighted by molar-refractivity contribution is 0.0668. The number of piperidine rings is 1. The second kappa shape index (κ2) is 10.1. The predicted molar refractivity (Wildman–Crippen MR) is 110 cm³/mol. The van der Waals surface area contributed by atoms with Gasteiger partial charge in [-0.3, -0.25) is 9.56 Å². The summed E-state index contributed by atoms with van der Waals surface area (Å²) < 4.78 is 32.5. The molecule has 1 fully saturated rings. The number of rotatable bonds is 6. The fourth-order valence-corrected chi connectivity index (χ4v) is 3.79. The highest BCUT2D eigenvalue weighted by Crippen LogP contribution is 2.26. The summed E-state index contributed by atoms with van der Waals surface area (Å²) in [7, 11) is 1.68. The lowest BCUT2D eigenvalue weighted by atomic mass is 9.98. The Kier molecular flexibility index (Phi) is 7.55. The topological polar surface area (TPSA) is 54.7 Å². The molecule has 10 heteroatoms. The Hall–Kier alpha value is -2.06. The number of likely N-dealkylation sites (tertiary alicyclic amines) is 1. The molecule has 158 valence electrons. The first-order valence-corrected chi connectivity index (χ1v) is 10.1. The number of nitrogens with zero attached hydrogens (tertiary/aromatic N) is 4. The van der Waals surface area contributed by atoms with E-state index in [0.29, 0.717) is 34.3 Å². The quantitative estimate of drug-likeness (QED) is 0.526. The zero-order chi connectivity index (χ0) is 20.8. The number of hydrogen-bond donors (Lipinski definition) is 1. The van der Waals surface area contributed by atoms with Crippen molar-refractivity contribution in [2.45, 2.75) is 25.9 Å². The Balaban J connectivity index is 1.46. The molecule has 3 rings (SSSR count). The van der Waals surface area contributed by atoms with E-state index in [9.17, 15) is 8.78 Å². The molecule has 0 radical (unpaired) electrons. The first-order valence-electron chi connectivity index (χ1n) is 9.30. The molecule has 2 heterocycles. The van der Waals surface area contributed by atoms with E-state index in [2.05, 4.69) is 20.2 Å². The Bertz CT molecular complexity index is 818. The standard InChI is InChI=1S/C19H23Cl2F2N5O/c1-24-19(26-11-17-25-4-7-28(17)18(22)23)27-5-2-13(3-6-27)12-29-16-9-14(20)8-15(21)10-16/h4,7-10,13,18H,2-3,5-6,11-12H2,1H3,(H,24,26). The summed E-state index contributed by atoms with van der Waals surface area (Å²) >= 11 is 12.0. The van der Waals surface area contributed by atoms with E-state index >= 15 is 0 Å². The lowest BCUT2D eigenvalue weighted by Gasteiger charge is -2.34. The molecule has 2 aromatic rings. The van der Waals surface area contributed by atoms with Crippen LogP contribution in [0.5, 0.6) is 5.75 Å². The number of ether oxygens (including phenoxy) is 1. The van der Waals surface area contributed by atoms with Gasteiger partial charge in [-0.1, -0.05) is 23.2 Å². The van der Waals surface area contributed by atoms with Gasteiger partial charge in [-0.2, -0.15) is 8.78 Å². The van der Waals surface area contributed by atoms with Gasteiger partial charge >= 0.3 is 6.55 Å². The van der Waals surface area contributed by atoms with Crippen molar-refractivity contribution in [3.05, 3.63) is 46.5 Å². The monoisotopic (exact) mass is 445 g/mol. The van der Waals surface area contributed by atoms with Crippen LogP contribution in [0.4, 0.5) is 8.78 Å². The average molecular weight is 446 g/mol. The minimum atomic E-state index is -2.61. The van der Waals surface area contributed by atoms with Crippen LogP contribution in [0.2, 0.25) is 10.0 Å². The van der Waals surface area contributed by atoms with Crippen molar-refractivity contribution in [3.8, 4) is 5.75 Å². The third-order valence-corrected chi connectivity index (χ3v) is 5.25. The van der Waals surface area contributed by atoms with E-state index < -0.39 is 6.55 Å². The van der Waals surface area contributed by atoms with Crippen molar-refractivity contribution in [3.63, 3.8) is 0 Å². The predicted octanol–water partition coefficient (Wildman–Crippen LogP) is 4.45. The molecule has 0 spiro atoms. The fraction of sp³-hybridized carbons (Fsp3) is 0.474. The van der Waals surface area contributed by atoms with Gasteiger partial charge in [-0.25, -0.2) is 4.98 Å². The van der Waals surface area contributed by atoms with Gasteiger partial charge in [0.1, 0.15) is 11.6 Å². The van der Waals surface area contributed by atoms with E-state index in [4.69, 9.17) is 27.9 Å². The lowest BCUT2D eigenvalue weighted by Crippen LogP contribution is -2.46. The number of aromatic nitrogens is 2. The van der Waals surface area contributed by atoms with Crippen molar-refractivity contribution in [2.75, 3.05) is 26.7 Å². The highest BCUT2D eigenvalue weighted by atomic mass is 35.5. The highest BCUT2D eigenvalue weighted by Gasteiger charge is 2.22. The Morgan fingerprint density at radius 1 is 1.28 bits per heavy atom. The maximum atomic E-state index is 12.9. The van der Waals surface area contributed by atoms with E-state index in [1.807, 2.05) is 0 Å². The Labute approximate surface area is 178 Å². The number of benzene rings is 1. The number of guanidine groups is 1. The van der Waals surface area contributed by atoms with E-state index in [-0.39, 0.29) is 12.4 Å². The summed E-state index contributed by atoms with van der Waals surface area (Å²) in [6, 6.07) is 5.16. The van der Waals surface area contributed by atoms with Gasteiger partial charge in [0.15, 0.2) is 5.96 Å². The molecule has 1 N–H and O–H groups in total. The van der Waals surface area contributed by atoms with Crippen molar-refractivity contribution in [2.24, 2.45) is 10.9 Å². The van der Waals surface area contributed by atoms with Gasteiger partial charge in [0.2, 0.25) is 0 Å². The van der Waals surface area contributed by atoms with Crippen molar-refractivity contribution in [1.29, 1.82) is 0 Å². The molecule has 1 aliphatic heterocycles. The zero-order valence-corrected chi connectivity index (χ0v) is 17.5. The zero-order valence-electron chi connectivity index (χ0n) is 16.0. The SMILES string of the molecule is CN=C(NCc1nccn1C(F)F)N1CCC(COc2cc(Cl)cc(Cl)c2)CC1. The molecule has 0 amide bonds. The molecule has 1 aliphatic rings. The van der Waals surface area contributed by atoms with Gasteiger partial charge in [0.25, 0.3) is 0 Å². The number of alkyl halides is 2. The minimum Gasteiger partial charge on any atom is -0.493 e. The third-order valence-electron chi connectivity index (χ3n) is 4.81. The number of halogens is 4. The maximum Gasteiger partial charge on any atom is 0.319 e. The van der Waals surface area contributed by atoms with Gasteiger partial charge in [0.05, 0.1) is 13.2 Å². The normalized spacial score (nSPS) is 15.8. The number of hydrogen-bond acceptors (Lipinski definition) is 3. The number of imidazole rings is 1. The molecule has 0 saturated carbocycles. The summed E-state index contributed by atoms with van der Waals surface area (Å²) in [6.45, 7) is -0.243. The molecule has 6 nitrogen and oxygen atoms in total. The second-order valence-corrected chi connectivity index (χ2v) is 7.65. The first-order chi connectivity index (χ1) is 14.0. The largest absolute Gasteiger partial charge is 0.493 e.